The Morgan fingerprint density at radius 1 is 1.28 bits per heavy atom. The monoisotopic (exact) mass is 433 g/mol. The average molecular weight is 433 g/mol. The third-order valence-corrected chi connectivity index (χ3v) is 4.87. The molecule has 160 valence electrons. The number of anilines is 1. The molecule has 0 spiro atoms. The van der Waals surface area contributed by atoms with Crippen molar-refractivity contribution in [2.24, 2.45) is 5.73 Å². The molecule has 32 heavy (non-hydrogen) atoms. The number of nitrogens with two attached hydrogens (primary N) is 1. The molecule has 0 aliphatic carbocycles. The Balaban J connectivity index is 1.65. The van der Waals surface area contributed by atoms with Crippen LogP contribution in [0.1, 0.15) is 43.7 Å². The normalized spacial score (nSPS) is 10.8. The molecule has 0 atom stereocenters. The van der Waals surface area contributed by atoms with Crippen LogP contribution in [0.15, 0.2) is 34.9 Å². The smallest absolute Gasteiger partial charge is 0.274 e. The molecule has 0 saturated heterocycles. The van der Waals surface area contributed by atoms with Crippen molar-refractivity contribution in [1.29, 1.82) is 5.26 Å². The number of primary amides is 1. The molecule has 0 unspecified atom stereocenters. The predicted molar refractivity (Wildman–Crippen MR) is 110 cm³/mol. The predicted octanol–water partition coefficient (Wildman–Crippen LogP) is 2.45. The Morgan fingerprint density at radius 2 is 2.06 bits per heavy atom. The van der Waals surface area contributed by atoms with Gasteiger partial charge in [0.15, 0.2) is 11.5 Å². The number of nitrogens with one attached hydrogen (secondary N) is 1. The van der Waals surface area contributed by atoms with Gasteiger partial charge in [-0.2, -0.15) is 10.4 Å². The number of pyridine rings is 1. The first kappa shape index (κ1) is 20.7. The van der Waals surface area contributed by atoms with Crippen molar-refractivity contribution >= 4 is 28.4 Å². The third kappa shape index (κ3) is 3.77. The number of hydrogen-bond donors (Lipinski definition) is 2. The zero-order chi connectivity index (χ0) is 23.0. The summed E-state index contributed by atoms with van der Waals surface area (Å²) in [6.45, 7) is 3.66. The van der Waals surface area contributed by atoms with E-state index >= 15 is 0 Å². The van der Waals surface area contributed by atoms with E-state index in [9.17, 15) is 14.0 Å². The van der Waals surface area contributed by atoms with Crippen molar-refractivity contribution in [3.63, 3.8) is 0 Å². The Bertz CT molecular complexity index is 1430. The summed E-state index contributed by atoms with van der Waals surface area (Å²) >= 11 is 0. The Hall–Kier alpha value is -4.59. The number of benzene rings is 1. The fraction of sp³-hybridized carbons (Fsp3) is 0.143. The van der Waals surface area contributed by atoms with E-state index in [2.05, 4.69) is 20.6 Å². The minimum atomic E-state index is -0.762. The number of halogens is 1. The maximum Gasteiger partial charge on any atom is 0.274 e. The van der Waals surface area contributed by atoms with Crippen LogP contribution in [0, 0.1) is 31.0 Å². The molecule has 4 aromatic rings. The minimum Gasteiger partial charge on any atom is -0.366 e. The summed E-state index contributed by atoms with van der Waals surface area (Å²) in [4.78, 5) is 29.0. The summed E-state index contributed by atoms with van der Waals surface area (Å²) in [5.41, 5.74) is 7.27. The van der Waals surface area contributed by atoms with Gasteiger partial charge in [0.2, 0.25) is 5.91 Å². The lowest BCUT2D eigenvalue weighted by atomic mass is 10.1. The molecular formula is C21H16FN7O3. The van der Waals surface area contributed by atoms with Crippen LogP contribution in [0.25, 0.3) is 10.9 Å². The van der Waals surface area contributed by atoms with Gasteiger partial charge in [-0.25, -0.2) is 9.37 Å². The van der Waals surface area contributed by atoms with Gasteiger partial charge < -0.3 is 15.6 Å². The van der Waals surface area contributed by atoms with Gasteiger partial charge in [0.05, 0.1) is 28.2 Å². The minimum absolute atomic E-state index is 0.0582. The molecule has 2 amide bonds. The maximum absolute atomic E-state index is 13.7. The number of carbonyl (C=O) groups is 2. The first-order chi connectivity index (χ1) is 15.3. The number of rotatable bonds is 5. The van der Waals surface area contributed by atoms with E-state index < -0.39 is 17.6 Å². The summed E-state index contributed by atoms with van der Waals surface area (Å²) in [7, 11) is 0. The highest BCUT2D eigenvalue weighted by Crippen LogP contribution is 2.23. The SMILES string of the molecule is Cc1nn(Cc2cc(C#N)no2)c(C)c1NC(=O)c1cc(C(N)=O)c2ccc(F)cc2n1. The molecule has 10 nitrogen and oxygen atoms in total. The number of carbonyl (C=O) groups excluding carboxylic acids is 2. The van der Waals surface area contributed by atoms with Gasteiger partial charge in [-0.15, -0.1) is 0 Å². The third-order valence-electron chi connectivity index (χ3n) is 4.87. The summed E-state index contributed by atoms with van der Waals surface area (Å²) in [5, 5.41) is 19.9. The highest BCUT2D eigenvalue weighted by Gasteiger charge is 2.20. The van der Waals surface area contributed by atoms with Crippen LogP contribution in [-0.2, 0) is 6.54 Å². The Kier molecular flexibility index (Phi) is 5.11. The molecule has 3 aromatic heterocycles. The lowest BCUT2D eigenvalue weighted by Crippen LogP contribution is -2.18. The van der Waals surface area contributed by atoms with E-state index in [-0.39, 0.29) is 29.0 Å². The van der Waals surface area contributed by atoms with Gasteiger partial charge in [0, 0.05) is 17.5 Å². The number of nitrogens with zero attached hydrogens (tertiary/aromatic N) is 5. The first-order valence-electron chi connectivity index (χ1n) is 9.38. The lowest BCUT2D eigenvalue weighted by molar-refractivity contribution is 0.100. The molecule has 3 N–H and O–H groups in total. The van der Waals surface area contributed by atoms with Crippen LogP contribution in [0.3, 0.4) is 0 Å². The molecule has 4 rings (SSSR count). The molecule has 1 aromatic carbocycles. The summed E-state index contributed by atoms with van der Waals surface area (Å²) < 4.78 is 20.3. The van der Waals surface area contributed by atoms with Crippen molar-refractivity contribution in [1.82, 2.24) is 19.9 Å². The fourth-order valence-corrected chi connectivity index (χ4v) is 3.32. The van der Waals surface area contributed by atoms with Gasteiger partial charge in [-0.05, 0) is 32.0 Å². The maximum atomic E-state index is 13.7. The molecule has 0 radical (unpaired) electrons. The van der Waals surface area contributed by atoms with E-state index in [0.29, 0.717) is 28.2 Å². The van der Waals surface area contributed by atoms with Crippen molar-refractivity contribution in [2.75, 3.05) is 5.32 Å². The quantitative estimate of drug-likeness (QED) is 0.490. The largest absolute Gasteiger partial charge is 0.366 e. The summed E-state index contributed by atoms with van der Waals surface area (Å²) in [5.74, 6) is -1.51. The van der Waals surface area contributed by atoms with Crippen molar-refractivity contribution in [3.8, 4) is 6.07 Å². The molecule has 0 bridgehead atoms. The van der Waals surface area contributed by atoms with E-state index in [1.165, 1.54) is 24.3 Å². The molecule has 0 aliphatic rings. The van der Waals surface area contributed by atoms with Crippen molar-refractivity contribution < 1.29 is 18.5 Å². The van der Waals surface area contributed by atoms with E-state index in [1.807, 2.05) is 6.07 Å². The highest BCUT2D eigenvalue weighted by molar-refractivity contribution is 6.10. The van der Waals surface area contributed by atoms with E-state index in [0.717, 1.165) is 6.07 Å². The number of fused-ring (bicyclic) bond motifs is 1. The number of amides is 2. The van der Waals surface area contributed by atoms with Gasteiger partial charge in [-0.1, -0.05) is 5.16 Å². The van der Waals surface area contributed by atoms with Crippen LogP contribution >= 0.6 is 0 Å². The molecule has 11 heteroatoms. The molecular weight excluding hydrogens is 417 g/mol. The second kappa shape index (κ2) is 7.92. The fourth-order valence-electron chi connectivity index (χ4n) is 3.32. The summed E-state index contributed by atoms with van der Waals surface area (Å²) in [6.07, 6.45) is 0. The second-order valence-electron chi connectivity index (χ2n) is 7.03. The second-order valence-corrected chi connectivity index (χ2v) is 7.03. The van der Waals surface area contributed by atoms with Crippen LogP contribution < -0.4 is 11.1 Å². The number of aryl methyl sites for hydroxylation is 1. The molecule has 3 heterocycles. The van der Waals surface area contributed by atoms with E-state index in [1.54, 1.807) is 18.5 Å². The number of aromatic nitrogens is 4. The zero-order valence-corrected chi connectivity index (χ0v) is 17.0. The van der Waals surface area contributed by atoms with Gasteiger partial charge >= 0.3 is 0 Å². The molecule has 0 aliphatic heterocycles. The van der Waals surface area contributed by atoms with Gasteiger partial charge in [0.1, 0.15) is 24.1 Å². The number of nitriles is 1. The van der Waals surface area contributed by atoms with Crippen molar-refractivity contribution in [3.05, 3.63) is 70.2 Å². The van der Waals surface area contributed by atoms with Crippen LogP contribution in [0.4, 0.5) is 10.1 Å². The first-order valence-corrected chi connectivity index (χ1v) is 9.38. The average Bonchev–Trinajstić information content (AvgIpc) is 3.32. The van der Waals surface area contributed by atoms with Crippen LogP contribution in [-0.4, -0.2) is 31.7 Å². The standard InChI is InChI=1S/C21H16FN7O3/c1-10-19(11(2)29(27-10)9-14-6-13(8-23)28-32-14)26-21(31)18-7-16(20(24)30)15-4-3-12(22)5-17(15)25-18/h3-7H,9H2,1-2H3,(H2,24,30)(H,26,31). The lowest BCUT2D eigenvalue weighted by Gasteiger charge is -2.09. The van der Waals surface area contributed by atoms with Crippen LogP contribution in [0.5, 0.6) is 0 Å². The zero-order valence-electron chi connectivity index (χ0n) is 17.0. The highest BCUT2D eigenvalue weighted by atomic mass is 19.1. The van der Waals surface area contributed by atoms with Gasteiger partial charge in [-0.3, -0.25) is 14.3 Å². The van der Waals surface area contributed by atoms with Crippen molar-refractivity contribution in [2.45, 2.75) is 20.4 Å². The van der Waals surface area contributed by atoms with Crippen LogP contribution in [0.2, 0.25) is 0 Å². The molecule has 0 saturated carbocycles. The Labute approximate surface area is 180 Å². The number of hydrogen-bond acceptors (Lipinski definition) is 7. The summed E-state index contributed by atoms with van der Waals surface area (Å²) in [6, 6.07) is 8.35. The molecule has 0 fully saturated rings. The van der Waals surface area contributed by atoms with Gasteiger partial charge in [0.25, 0.3) is 5.91 Å². The topological polar surface area (TPSA) is 153 Å². The Morgan fingerprint density at radius 3 is 2.75 bits per heavy atom. The van der Waals surface area contributed by atoms with E-state index in [4.69, 9.17) is 15.5 Å².